The van der Waals surface area contributed by atoms with E-state index in [1.807, 2.05) is 54.2 Å². The Kier molecular flexibility index (Phi) is 4.86. The molecule has 2 aromatic carbocycles. The van der Waals surface area contributed by atoms with Crippen molar-refractivity contribution in [3.05, 3.63) is 54.6 Å². The molecule has 1 fully saturated rings. The molecule has 2 aromatic rings. The van der Waals surface area contributed by atoms with Gasteiger partial charge in [-0.3, -0.25) is 0 Å². The maximum atomic E-state index is 12.7. The van der Waals surface area contributed by atoms with Crippen molar-refractivity contribution >= 4 is 21.8 Å². The van der Waals surface area contributed by atoms with Gasteiger partial charge in [0, 0.05) is 18.8 Å². The quantitative estimate of drug-likeness (QED) is 0.863. The molecule has 0 unspecified atom stereocenters. The summed E-state index contributed by atoms with van der Waals surface area (Å²) >= 11 is 1.82. The van der Waals surface area contributed by atoms with E-state index in [0.29, 0.717) is 18.0 Å². The molecule has 1 saturated heterocycles. The highest BCUT2D eigenvalue weighted by atomic mass is 32.2. The monoisotopic (exact) mass is 333 g/mol. The van der Waals surface area contributed by atoms with Crippen LogP contribution in [0.15, 0.2) is 59.5 Å². The molecule has 3 nitrogen and oxygen atoms in total. The van der Waals surface area contributed by atoms with Gasteiger partial charge in [0.1, 0.15) is 0 Å². The van der Waals surface area contributed by atoms with Gasteiger partial charge in [0.25, 0.3) is 0 Å². The minimum absolute atomic E-state index is 0.388. The van der Waals surface area contributed by atoms with Gasteiger partial charge in [-0.05, 0) is 35.4 Å². The molecule has 116 valence electrons. The van der Waals surface area contributed by atoms with Crippen LogP contribution in [0.1, 0.15) is 6.42 Å². The maximum absolute atomic E-state index is 12.7. The van der Waals surface area contributed by atoms with E-state index < -0.39 is 10.0 Å². The zero-order chi connectivity index (χ0) is 15.4. The lowest BCUT2D eigenvalue weighted by atomic mass is 10.1. The summed E-state index contributed by atoms with van der Waals surface area (Å²) in [5.74, 6) is 1.92. The molecule has 0 bridgehead atoms. The normalized spacial score (nSPS) is 17.1. The van der Waals surface area contributed by atoms with Crippen LogP contribution in [0, 0.1) is 0 Å². The molecule has 0 amide bonds. The third kappa shape index (κ3) is 3.37. The summed E-state index contributed by atoms with van der Waals surface area (Å²) in [6.45, 7) is 1.23. The second kappa shape index (κ2) is 6.86. The first-order chi connectivity index (χ1) is 10.7. The fraction of sp³-hybridized carbons (Fsp3) is 0.294. The van der Waals surface area contributed by atoms with Crippen LogP contribution in [0.25, 0.3) is 11.1 Å². The van der Waals surface area contributed by atoms with Crippen molar-refractivity contribution in [1.29, 1.82) is 0 Å². The van der Waals surface area contributed by atoms with E-state index in [9.17, 15) is 8.42 Å². The second-order valence-corrected chi connectivity index (χ2v) is 8.42. The van der Waals surface area contributed by atoms with Crippen molar-refractivity contribution in [2.75, 3.05) is 24.6 Å². The predicted molar refractivity (Wildman–Crippen MR) is 92.6 cm³/mol. The Hall–Kier alpha value is -1.30. The van der Waals surface area contributed by atoms with Crippen LogP contribution in [-0.4, -0.2) is 37.3 Å². The summed E-state index contributed by atoms with van der Waals surface area (Å²) in [7, 11) is -3.36. The molecule has 1 aliphatic rings. The minimum atomic E-state index is -3.36. The van der Waals surface area contributed by atoms with Gasteiger partial charge in [0.15, 0.2) is 0 Å². The van der Waals surface area contributed by atoms with Crippen molar-refractivity contribution in [2.45, 2.75) is 11.3 Å². The fourth-order valence-electron chi connectivity index (χ4n) is 2.56. The van der Waals surface area contributed by atoms with E-state index in [1.54, 1.807) is 16.4 Å². The van der Waals surface area contributed by atoms with Crippen LogP contribution in [0.3, 0.4) is 0 Å². The SMILES string of the molecule is O=S(=O)(c1ccc(-c2ccccc2)cc1)N1CCCSCC1. The van der Waals surface area contributed by atoms with Crippen molar-refractivity contribution < 1.29 is 8.42 Å². The lowest BCUT2D eigenvalue weighted by Gasteiger charge is -2.19. The summed E-state index contributed by atoms with van der Waals surface area (Å²) in [4.78, 5) is 0.388. The van der Waals surface area contributed by atoms with Crippen molar-refractivity contribution in [3.8, 4) is 11.1 Å². The zero-order valence-electron chi connectivity index (χ0n) is 12.3. The topological polar surface area (TPSA) is 37.4 Å². The van der Waals surface area contributed by atoms with Gasteiger partial charge in [-0.2, -0.15) is 16.1 Å². The van der Waals surface area contributed by atoms with Crippen LogP contribution in [0.2, 0.25) is 0 Å². The van der Waals surface area contributed by atoms with Gasteiger partial charge in [0.2, 0.25) is 10.0 Å². The first-order valence-electron chi connectivity index (χ1n) is 7.41. The Morgan fingerprint density at radius 2 is 1.50 bits per heavy atom. The van der Waals surface area contributed by atoms with Crippen LogP contribution >= 0.6 is 11.8 Å². The van der Waals surface area contributed by atoms with Gasteiger partial charge < -0.3 is 0 Å². The van der Waals surface area contributed by atoms with Crippen molar-refractivity contribution in [1.82, 2.24) is 4.31 Å². The molecule has 0 saturated carbocycles. The van der Waals surface area contributed by atoms with E-state index in [0.717, 1.165) is 29.1 Å². The van der Waals surface area contributed by atoms with Crippen LogP contribution in [0.5, 0.6) is 0 Å². The van der Waals surface area contributed by atoms with Crippen LogP contribution in [-0.2, 0) is 10.0 Å². The molecule has 0 aromatic heterocycles. The molecule has 0 aliphatic carbocycles. The van der Waals surface area contributed by atoms with Crippen LogP contribution in [0.4, 0.5) is 0 Å². The molecule has 3 rings (SSSR count). The number of thioether (sulfide) groups is 1. The van der Waals surface area contributed by atoms with E-state index in [4.69, 9.17) is 0 Å². The average Bonchev–Trinajstić information content (AvgIpc) is 2.86. The lowest BCUT2D eigenvalue weighted by molar-refractivity contribution is 0.435. The molecule has 0 N–H and O–H groups in total. The first-order valence-corrected chi connectivity index (χ1v) is 10.0. The van der Waals surface area contributed by atoms with E-state index in [2.05, 4.69) is 0 Å². The van der Waals surface area contributed by atoms with E-state index in [1.165, 1.54) is 0 Å². The number of sulfonamides is 1. The van der Waals surface area contributed by atoms with Gasteiger partial charge in [-0.1, -0.05) is 42.5 Å². The Morgan fingerprint density at radius 3 is 2.23 bits per heavy atom. The van der Waals surface area contributed by atoms with Gasteiger partial charge >= 0.3 is 0 Å². The molecule has 22 heavy (non-hydrogen) atoms. The zero-order valence-corrected chi connectivity index (χ0v) is 13.9. The molecular weight excluding hydrogens is 314 g/mol. The number of nitrogens with zero attached hydrogens (tertiary/aromatic N) is 1. The first kappa shape index (κ1) is 15.6. The average molecular weight is 333 g/mol. The molecule has 1 heterocycles. The minimum Gasteiger partial charge on any atom is -0.207 e. The number of hydrogen-bond acceptors (Lipinski definition) is 3. The smallest absolute Gasteiger partial charge is 0.207 e. The summed E-state index contributed by atoms with van der Waals surface area (Å²) in [5.41, 5.74) is 2.13. The van der Waals surface area contributed by atoms with Crippen molar-refractivity contribution in [3.63, 3.8) is 0 Å². The van der Waals surface area contributed by atoms with Gasteiger partial charge in [-0.25, -0.2) is 8.42 Å². The summed E-state index contributed by atoms with van der Waals surface area (Å²) < 4.78 is 27.0. The summed E-state index contributed by atoms with van der Waals surface area (Å²) in [5, 5.41) is 0. The Balaban J connectivity index is 1.85. The number of benzene rings is 2. The molecule has 5 heteroatoms. The second-order valence-electron chi connectivity index (χ2n) is 5.26. The maximum Gasteiger partial charge on any atom is 0.243 e. The predicted octanol–water partition coefficient (Wildman–Crippen LogP) is 3.48. The summed E-state index contributed by atoms with van der Waals surface area (Å²) in [6.07, 6.45) is 0.923. The highest BCUT2D eigenvalue weighted by molar-refractivity contribution is 7.99. The van der Waals surface area contributed by atoms with E-state index >= 15 is 0 Å². The summed E-state index contributed by atoms with van der Waals surface area (Å²) in [6, 6.07) is 17.2. The molecule has 1 aliphatic heterocycles. The number of rotatable bonds is 3. The third-order valence-corrected chi connectivity index (χ3v) is 6.74. The highest BCUT2D eigenvalue weighted by Gasteiger charge is 2.25. The Bertz CT molecular complexity index is 704. The largest absolute Gasteiger partial charge is 0.243 e. The third-order valence-electron chi connectivity index (χ3n) is 3.78. The Labute approximate surface area is 136 Å². The molecule has 0 spiro atoms. The standard InChI is InChI=1S/C17H19NO2S2/c19-22(20,18-11-4-13-21-14-12-18)17-9-7-16(8-10-17)15-5-2-1-3-6-15/h1-3,5-10H,4,11-14H2. The van der Waals surface area contributed by atoms with Crippen molar-refractivity contribution in [2.24, 2.45) is 0 Å². The molecule has 0 radical (unpaired) electrons. The molecular formula is C17H19NO2S2. The van der Waals surface area contributed by atoms with Gasteiger partial charge in [-0.15, -0.1) is 0 Å². The van der Waals surface area contributed by atoms with E-state index in [-0.39, 0.29) is 0 Å². The fourth-order valence-corrected chi connectivity index (χ4v) is 5.04. The highest BCUT2D eigenvalue weighted by Crippen LogP contribution is 2.24. The number of hydrogen-bond donors (Lipinski definition) is 0. The Morgan fingerprint density at radius 1 is 0.818 bits per heavy atom. The molecule has 0 atom stereocenters. The van der Waals surface area contributed by atoms with Crippen LogP contribution < -0.4 is 0 Å². The lowest BCUT2D eigenvalue weighted by Crippen LogP contribution is -2.32. The van der Waals surface area contributed by atoms with Gasteiger partial charge in [0.05, 0.1) is 4.90 Å².